The molecule has 2 amide bonds. The molecule has 1 aliphatic carbocycles. The molecule has 0 atom stereocenters. The molecule has 1 saturated carbocycles. The summed E-state index contributed by atoms with van der Waals surface area (Å²) >= 11 is 0. The van der Waals surface area contributed by atoms with E-state index < -0.39 is 0 Å². The molecule has 1 aromatic carbocycles. The summed E-state index contributed by atoms with van der Waals surface area (Å²) in [6.45, 7) is 1.25. The van der Waals surface area contributed by atoms with Gasteiger partial charge in [-0.25, -0.2) is 0 Å². The minimum Gasteiger partial charge on any atom is -0.506 e. The second-order valence-corrected chi connectivity index (χ2v) is 7.86. The number of amides is 2. The second-order valence-electron chi connectivity index (χ2n) is 7.86. The molecule has 0 radical (unpaired) electrons. The Balaban J connectivity index is 1.49. The third-order valence-corrected chi connectivity index (χ3v) is 5.78. The third-order valence-electron chi connectivity index (χ3n) is 5.78. The maximum absolute atomic E-state index is 12.6. The number of benzene rings is 1. The zero-order valence-corrected chi connectivity index (χ0v) is 17.2. The van der Waals surface area contributed by atoms with Crippen LogP contribution in [0.3, 0.4) is 0 Å². The van der Waals surface area contributed by atoms with Gasteiger partial charge in [-0.15, -0.1) is 0 Å². The van der Waals surface area contributed by atoms with E-state index in [9.17, 15) is 14.7 Å². The smallest absolute Gasteiger partial charge is 0.262 e. The largest absolute Gasteiger partial charge is 0.506 e. The number of phenols is 1. The highest BCUT2D eigenvalue weighted by atomic mass is 16.5. The Morgan fingerprint density at radius 3 is 2.83 bits per heavy atom. The fraction of sp³-hybridized carbons (Fsp3) is 0.636. The first-order valence-corrected chi connectivity index (χ1v) is 10.7. The molecule has 0 saturated heterocycles. The van der Waals surface area contributed by atoms with Crippen LogP contribution in [0.1, 0.15) is 56.9 Å². The fourth-order valence-electron chi connectivity index (χ4n) is 4.25. The molecule has 1 aliphatic heterocycles. The Morgan fingerprint density at radius 2 is 2.07 bits per heavy atom. The van der Waals surface area contributed by atoms with Gasteiger partial charge in [-0.2, -0.15) is 0 Å². The Kier molecular flexibility index (Phi) is 7.75. The summed E-state index contributed by atoms with van der Waals surface area (Å²) < 4.78 is 10.6. The van der Waals surface area contributed by atoms with Crippen LogP contribution < -0.4 is 10.1 Å². The number of carbonyl (C=O) groups is 2. The molecule has 7 heteroatoms. The Morgan fingerprint density at radius 1 is 1.28 bits per heavy atom. The van der Waals surface area contributed by atoms with Crippen LogP contribution in [0.15, 0.2) is 12.1 Å². The molecule has 2 aliphatic rings. The molecule has 1 heterocycles. The Hall–Kier alpha value is -2.28. The number of nitrogens with zero attached hydrogens (tertiary/aromatic N) is 1. The summed E-state index contributed by atoms with van der Waals surface area (Å²) in [5.74, 6) is 0.552. The summed E-state index contributed by atoms with van der Waals surface area (Å²) in [6, 6.07) is 3.84. The number of ether oxygens (including phenoxy) is 2. The molecule has 0 aromatic heterocycles. The molecule has 29 heavy (non-hydrogen) atoms. The number of hydrogen-bond acceptors (Lipinski definition) is 5. The summed E-state index contributed by atoms with van der Waals surface area (Å²) in [4.78, 5) is 26.1. The van der Waals surface area contributed by atoms with E-state index in [-0.39, 0.29) is 24.2 Å². The Labute approximate surface area is 172 Å². The molecule has 3 rings (SSSR count). The van der Waals surface area contributed by atoms with Crippen molar-refractivity contribution in [1.82, 2.24) is 4.90 Å². The predicted octanol–water partition coefficient (Wildman–Crippen LogP) is 3.24. The third kappa shape index (κ3) is 5.63. The van der Waals surface area contributed by atoms with Gasteiger partial charge >= 0.3 is 0 Å². The number of carbonyl (C=O) groups excluding carboxylic acids is 2. The van der Waals surface area contributed by atoms with Crippen LogP contribution in [0.25, 0.3) is 0 Å². The average Bonchev–Trinajstić information content (AvgIpc) is 3.25. The Bertz CT molecular complexity index is 715. The summed E-state index contributed by atoms with van der Waals surface area (Å²) in [5.41, 5.74) is 1.36. The van der Waals surface area contributed by atoms with Crippen LogP contribution in [0.5, 0.6) is 11.5 Å². The number of anilines is 1. The predicted molar refractivity (Wildman–Crippen MR) is 110 cm³/mol. The van der Waals surface area contributed by atoms with E-state index in [1.54, 1.807) is 13.2 Å². The maximum Gasteiger partial charge on any atom is 0.262 e. The minimum absolute atomic E-state index is 0.0244. The van der Waals surface area contributed by atoms with Crippen LogP contribution in [-0.4, -0.2) is 54.7 Å². The number of aromatic hydroxyl groups is 1. The van der Waals surface area contributed by atoms with E-state index >= 15 is 0 Å². The number of fused-ring (bicyclic) bond motifs is 1. The summed E-state index contributed by atoms with van der Waals surface area (Å²) in [5, 5.41) is 12.6. The van der Waals surface area contributed by atoms with Crippen molar-refractivity contribution in [1.29, 1.82) is 0 Å². The standard InChI is InChI=1S/C22H32N2O5/c1-28-14-12-20(27)24(17-8-4-5-9-17)13-6-2-3-7-16-10-11-18(25)21-22(16)29-15-19(26)23-21/h10-11,17,25H,2-9,12-15H2,1H3,(H,23,26). The van der Waals surface area contributed by atoms with E-state index in [1.165, 1.54) is 12.8 Å². The van der Waals surface area contributed by atoms with Crippen molar-refractivity contribution in [2.45, 2.75) is 63.8 Å². The number of unbranched alkanes of at least 4 members (excludes halogenated alkanes) is 2. The van der Waals surface area contributed by atoms with Crippen molar-refractivity contribution in [2.24, 2.45) is 0 Å². The molecule has 0 spiro atoms. The quantitative estimate of drug-likeness (QED) is 0.462. The number of nitrogens with one attached hydrogen (secondary N) is 1. The molecule has 1 aromatic rings. The molecule has 7 nitrogen and oxygen atoms in total. The second kappa shape index (κ2) is 10.5. The van der Waals surface area contributed by atoms with Gasteiger partial charge in [-0.05, 0) is 43.7 Å². The van der Waals surface area contributed by atoms with E-state index in [1.807, 2.05) is 6.07 Å². The SMILES string of the molecule is COCCC(=O)N(CCCCCc1ccc(O)c2c1OCC(=O)N2)C1CCCC1. The van der Waals surface area contributed by atoms with Gasteiger partial charge in [0.25, 0.3) is 5.91 Å². The lowest BCUT2D eigenvalue weighted by Gasteiger charge is -2.29. The van der Waals surface area contributed by atoms with Crippen molar-refractivity contribution in [3.05, 3.63) is 17.7 Å². The van der Waals surface area contributed by atoms with E-state index in [0.29, 0.717) is 30.5 Å². The lowest BCUT2D eigenvalue weighted by Crippen LogP contribution is -2.40. The first-order chi connectivity index (χ1) is 14.1. The van der Waals surface area contributed by atoms with Gasteiger partial charge in [-0.1, -0.05) is 25.3 Å². The number of aryl methyl sites for hydroxylation is 1. The highest BCUT2D eigenvalue weighted by Crippen LogP contribution is 2.39. The summed E-state index contributed by atoms with van der Waals surface area (Å²) in [6.07, 6.45) is 8.83. The highest BCUT2D eigenvalue weighted by molar-refractivity contribution is 5.97. The molecular weight excluding hydrogens is 372 g/mol. The normalized spacial score (nSPS) is 16.2. The molecule has 2 N–H and O–H groups in total. The molecule has 160 valence electrons. The minimum atomic E-state index is -0.255. The lowest BCUT2D eigenvalue weighted by molar-refractivity contribution is -0.134. The van der Waals surface area contributed by atoms with Crippen molar-refractivity contribution in [3.8, 4) is 11.5 Å². The molecule has 0 unspecified atom stereocenters. The van der Waals surface area contributed by atoms with Gasteiger partial charge in [0.1, 0.15) is 11.4 Å². The van der Waals surface area contributed by atoms with E-state index in [0.717, 1.165) is 50.6 Å². The number of hydrogen-bond donors (Lipinski definition) is 2. The maximum atomic E-state index is 12.6. The highest BCUT2D eigenvalue weighted by Gasteiger charge is 2.26. The average molecular weight is 405 g/mol. The van der Waals surface area contributed by atoms with Crippen LogP contribution >= 0.6 is 0 Å². The summed E-state index contributed by atoms with van der Waals surface area (Å²) in [7, 11) is 1.63. The van der Waals surface area contributed by atoms with E-state index in [4.69, 9.17) is 9.47 Å². The fourth-order valence-corrected chi connectivity index (χ4v) is 4.25. The van der Waals surface area contributed by atoms with Crippen molar-refractivity contribution in [3.63, 3.8) is 0 Å². The monoisotopic (exact) mass is 404 g/mol. The lowest BCUT2D eigenvalue weighted by atomic mass is 10.0. The van der Waals surface area contributed by atoms with Crippen molar-refractivity contribution < 1.29 is 24.2 Å². The first-order valence-electron chi connectivity index (χ1n) is 10.7. The number of rotatable bonds is 10. The number of methoxy groups -OCH3 is 1. The van der Waals surface area contributed by atoms with Gasteiger partial charge < -0.3 is 24.8 Å². The molecular formula is C22H32N2O5. The van der Waals surface area contributed by atoms with Crippen LogP contribution in [0.4, 0.5) is 5.69 Å². The molecule has 1 fully saturated rings. The van der Waals surface area contributed by atoms with Gasteiger partial charge in [-0.3, -0.25) is 9.59 Å². The topological polar surface area (TPSA) is 88.1 Å². The molecule has 0 bridgehead atoms. The van der Waals surface area contributed by atoms with Gasteiger partial charge in [0.2, 0.25) is 5.91 Å². The van der Waals surface area contributed by atoms with Crippen LogP contribution in [-0.2, 0) is 20.7 Å². The van der Waals surface area contributed by atoms with Gasteiger partial charge in [0, 0.05) is 19.7 Å². The zero-order valence-electron chi connectivity index (χ0n) is 17.2. The van der Waals surface area contributed by atoms with Gasteiger partial charge in [0.15, 0.2) is 12.4 Å². The zero-order chi connectivity index (χ0) is 20.6. The van der Waals surface area contributed by atoms with Crippen LogP contribution in [0.2, 0.25) is 0 Å². The van der Waals surface area contributed by atoms with Gasteiger partial charge in [0.05, 0.1) is 13.0 Å². The van der Waals surface area contributed by atoms with Crippen LogP contribution in [0, 0.1) is 0 Å². The first kappa shape index (κ1) is 21.4. The van der Waals surface area contributed by atoms with E-state index in [2.05, 4.69) is 10.2 Å². The van der Waals surface area contributed by atoms with Crippen molar-refractivity contribution >= 4 is 17.5 Å². The number of phenolic OH excluding ortho intramolecular Hbond substituents is 1. The van der Waals surface area contributed by atoms with Crippen molar-refractivity contribution in [2.75, 3.05) is 32.2 Å².